The van der Waals surface area contributed by atoms with Crippen LogP contribution in [0.3, 0.4) is 0 Å². The Morgan fingerprint density at radius 3 is 1.74 bits per heavy atom. The van der Waals surface area contributed by atoms with Gasteiger partial charge in [-0.15, -0.1) is 0 Å². The molecule has 148 valence electrons. The third-order valence-corrected chi connectivity index (χ3v) is 5.51. The maximum Gasteiger partial charge on any atom is 1.00 e. The monoisotopic (exact) mass is 422 g/mol. The molecule has 2 nitrogen and oxygen atoms in total. The first-order chi connectivity index (χ1) is 12.1. The van der Waals surface area contributed by atoms with Gasteiger partial charge in [0.1, 0.15) is 0 Å². The minimum Gasteiger partial charge on any atom is -0.547 e. The number of carboxylic acids is 1. The predicted octanol–water partition coefficient (Wildman–Crippen LogP) is 2.97. The van der Waals surface area contributed by atoms with Gasteiger partial charge in [0.15, 0.2) is 4.33 Å². The number of halogens is 2. The topological polar surface area (TPSA) is 40.1 Å². The molecule has 0 fully saturated rings. The Kier molecular flexibility index (Phi) is 13.6. The number of benzene rings is 1. The zero-order valence-electron chi connectivity index (χ0n) is 17.5. The van der Waals surface area contributed by atoms with Crippen molar-refractivity contribution in [3.8, 4) is 0 Å². The first kappa shape index (κ1) is 27.3. The summed E-state index contributed by atoms with van der Waals surface area (Å²) in [5, 5.41) is 10.7. The summed E-state index contributed by atoms with van der Waals surface area (Å²) in [7, 11) is 0. The van der Waals surface area contributed by atoms with Gasteiger partial charge in [0.25, 0.3) is 0 Å². The molecule has 1 rings (SSSR count). The number of carboxylic acid groups (broad SMARTS) is 1. The predicted molar refractivity (Wildman–Crippen MR) is 110 cm³/mol. The fourth-order valence-corrected chi connectivity index (χ4v) is 3.28. The van der Waals surface area contributed by atoms with Gasteiger partial charge in [0.2, 0.25) is 0 Å². The summed E-state index contributed by atoms with van der Waals surface area (Å²) in [5.41, 5.74) is 3.04. The number of carbonyl (C=O) groups excluding carboxylic acids is 1. The number of alkyl halides is 2. The number of aliphatic carboxylic acids is 1. The van der Waals surface area contributed by atoms with Crippen LogP contribution in [0.4, 0.5) is 0 Å². The third-order valence-electron chi connectivity index (χ3n) is 4.82. The van der Waals surface area contributed by atoms with Gasteiger partial charge in [-0.2, -0.15) is 0 Å². The molecular weight excluding hydrogens is 390 g/mol. The van der Waals surface area contributed by atoms with Crippen molar-refractivity contribution in [3.63, 3.8) is 0 Å². The van der Waals surface area contributed by atoms with Crippen molar-refractivity contribution in [1.29, 1.82) is 0 Å². The Balaban J connectivity index is 0.00000676. The minimum atomic E-state index is -1.73. The molecule has 0 amide bonds. The fourth-order valence-electron chi connectivity index (χ4n) is 3.01. The number of rotatable bonds is 12. The molecule has 0 spiro atoms. The van der Waals surface area contributed by atoms with Crippen LogP contribution in [0, 0.1) is 0 Å². The van der Waals surface area contributed by atoms with Crippen LogP contribution in [-0.2, 0) is 16.6 Å². The van der Waals surface area contributed by atoms with E-state index in [1.165, 1.54) is 43.2 Å². The summed E-state index contributed by atoms with van der Waals surface area (Å²) in [4.78, 5) is 10.7. The van der Waals surface area contributed by atoms with E-state index < -0.39 is 10.3 Å². The van der Waals surface area contributed by atoms with E-state index in [0.717, 1.165) is 25.7 Å². The fraction of sp³-hybridized carbons (Fsp3) is 0.682. The molecule has 0 unspecified atom stereocenters. The SMILES string of the molecule is CC(C)(C)c1ccc(CCCCCCCCCCC(Cl)(Cl)C(=O)[O-])cc1.[Na+]. The van der Waals surface area contributed by atoms with Gasteiger partial charge in [0, 0.05) is 0 Å². The second-order valence-corrected chi connectivity index (χ2v) is 9.75. The van der Waals surface area contributed by atoms with Gasteiger partial charge in [-0.05, 0) is 35.8 Å². The van der Waals surface area contributed by atoms with E-state index in [1.807, 2.05) is 0 Å². The summed E-state index contributed by atoms with van der Waals surface area (Å²) >= 11 is 11.3. The minimum absolute atomic E-state index is 0. The Morgan fingerprint density at radius 1 is 0.852 bits per heavy atom. The van der Waals surface area contributed by atoms with Gasteiger partial charge < -0.3 is 9.90 Å². The van der Waals surface area contributed by atoms with Crippen molar-refractivity contribution in [1.82, 2.24) is 0 Å². The number of hydrogen-bond acceptors (Lipinski definition) is 2. The van der Waals surface area contributed by atoms with Crippen LogP contribution >= 0.6 is 23.2 Å². The maximum atomic E-state index is 10.7. The number of carbonyl (C=O) groups is 1. The zero-order chi connectivity index (χ0) is 19.6. The van der Waals surface area contributed by atoms with Crippen molar-refractivity contribution in [3.05, 3.63) is 35.4 Å². The average Bonchev–Trinajstić information content (AvgIpc) is 2.56. The van der Waals surface area contributed by atoms with Crippen LogP contribution in [0.5, 0.6) is 0 Å². The van der Waals surface area contributed by atoms with Crippen molar-refractivity contribution < 1.29 is 39.5 Å². The van der Waals surface area contributed by atoms with E-state index in [-0.39, 0.29) is 41.4 Å². The molecule has 0 aliphatic rings. The molecule has 0 heterocycles. The smallest absolute Gasteiger partial charge is 0.547 e. The van der Waals surface area contributed by atoms with Crippen LogP contribution in [-0.4, -0.2) is 10.3 Å². The second-order valence-electron chi connectivity index (χ2n) is 8.27. The molecule has 27 heavy (non-hydrogen) atoms. The van der Waals surface area contributed by atoms with Crippen molar-refractivity contribution in [2.75, 3.05) is 0 Å². The zero-order valence-corrected chi connectivity index (χ0v) is 21.0. The van der Waals surface area contributed by atoms with Crippen LogP contribution in [0.25, 0.3) is 0 Å². The second kappa shape index (κ2) is 13.5. The number of unbranched alkanes of at least 4 members (excludes halogenated alkanes) is 7. The van der Waals surface area contributed by atoms with Gasteiger partial charge in [-0.1, -0.05) is 113 Å². The average molecular weight is 423 g/mol. The largest absolute Gasteiger partial charge is 1.00 e. The molecule has 0 saturated heterocycles. The molecule has 0 N–H and O–H groups in total. The molecule has 5 heteroatoms. The van der Waals surface area contributed by atoms with E-state index in [4.69, 9.17) is 23.2 Å². The summed E-state index contributed by atoms with van der Waals surface area (Å²) in [5.74, 6) is -1.39. The van der Waals surface area contributed by atoms with Crippen LogP contribution < -0.4 is 34.7 Å². The van der Waals surface area contributed by atoms with E-state index >= 15 is 0 Å². The van der Waals surface area contributed by atoms with E-state index in [9.17, 15) is 9.90 Å². The van der Waals surface area contributed by atoms with Crippen LogP contribution in [0.2, 0.25) is 0 Å². The Bertz CT molecular complexity index is 536. The van der Waals surface area contributed by atoms with Crippen molar-refractivity contribution in [2.45, 2.75) is 94.7 Å². The van der Waals surface area contributed by atoms with E-state index in [2.05, 4.69) is 45.0 Å². The first-order valence-electron chi connectivity index (χ1n) is 9.81. The Labute approximate surface area is 197 Å². The van der Waals surface area contributed by atoms with Crippen LogP contribution in [0.1, 0.15) is 89.7 Å². The summed E-state index contributed by atoms with van der Waals surface area (Å²) in [6.45, 7) is 6.73. The Morgan fingerprint density at radius 2 is 1.30 bits per heavy atom. The quantitative estimate of drug-likeness (QED) is 0.295. The molecule has 0 radical (unpaired) electrons. The molecule has 0 saturated carbocycles. The normalized spacial score (nSPS) is 11.9. The van der Waals surface area contributed by atoms with E-state index in [1.54, 1.807) is 0 Å². The standard InChI is InChI=1S/C22H34Cl2O2.Na/c1-21(2,3)19-15-13-18(14-16-19)12-10-8-6-4-5-7-9-11-17-22(23,24)20(25)26;/h13-16H,4-12,17H2,1-3H3,(H,25,26);/q;+1/p-1. The molecule has 0 atom stereocenters. The molecule has 1 aromatic carbocycles. The van der Waals surface area contributed by atoms with Crippen LogP contribution in [0.15, 0.2) is 24.3 Å². The molecule has 0 bridgehead atoms. The molecular formula is C22H33Cl2NaO2. The number of aryl methyl sites for hydroxylation is 1. The molecule has 1 aromatic rings. The van der Waals surface area contributed by atoms with E-state index in [0.29, 0.717) is 0 Å². The van der Waals surface area contributed by atoms with Gasteiger partial charge in [-0.25, -0.2) is 0 Å². The van der Waals surface area contributed by atoms with Gasteiger partial charge in [-0.3, -0.25) is 0 Å². The summed E-state index contributed by atoms with van der Waals surface area (Å²) in [6.07, 6.45) is 10.4. The maximum absolute atomic E-state index is 10.7. The molecule has 0 aliphatic heterocycles. The summed E-state index contributed by atoms with van der Waals surface area (Å²) in [6, 6.07) is 9.04. The third kappa shape index (κ3) is 11.8. The number of hydrogen-bond donors (Lipinski definition) is 0. The van der Waals surface area contributed by atoms with Crippen molar-refractivity contribution >= 4 is 29.2 Å². The molecule has 0 aliphatic carbocycles. The Hall–Kier alpha value is 0.270. The van der Waals surface area contributed by atoms with Crippen molar-refractivity contribution in [2.24, 2.45) is 0 Å². The summed E-state index contributed by atoms with van der Waals surface area (Å²) < 4.78 is -1.73. The molecule has 0 aromatic heterocycles. The van der Waals surface area contributed by atoms with Gasteiger partial charge in [0.05, 0.1) is 5.97 Å². The first-order valence-corrected chi connectivity index (χ1v) is 10.6. The van der Waals surface area contributed by atoms with Gasteiger partial charge >= 0.3 is 29.6 Å².